The Morgan fingerprint density at radius 2 is 1.88 bits per heavy atom. The summed E-state index contributed by atoms with van der Waals surface area (Å²) in [5.41, 5.74) is 0.938. The molecule has 0 heterocycles. The van der Waals surface area contributed by atoms with Crippen molar-refractivity contribution >= 4 is 23.5 Å². The standard InChI is InChI=1S/C19H20ClNO4/c1-24-19(23)17(12-14-6-3-2-4-7-14)21-18(22)10-11-25-16-9-5-8-15(20)13-16/h2-9,13,17H,10-12H2,1H3,(H,21,22)/t17-/m0/s1. The first-order valence-corrected chi connectivity index (χ1v) is 8.26. The molecule has 25 heavy (non-hydrogen) atoms. The van der Waals surface area contributed by atoms with Crippen LogP contribution in [0.5, 0.6) is 5.75 Å². The average molecular weight is 362 g/mol. The van der Waals surface area contributed by atoms with Crippen molar-refractivity contribution in [2.45, 2.75) is 18.9 Å². The summed E-state index contributed by atoms with van der Waals surface area (Å²) in [5, 5.41) is 3.26. The Labute approximate surface area is 151 Å². The van der Waals surface area contributed by atoms with Gasteiger partial charge in [0.25, 0.3) is 0 Å². The molecule has 2 aromatic carbocycles. The lowest BCUT2D eigenvalue weighted by molar-refractivity contribution is -0.145. The van der Waals surface area contributed by atoms with Gasteiger partial charge in [-0.2, -0.15) is 0 Å². The van der Waals surface area contributed by atoms with E-state index in [-0.39, 0.29) is 18.9 Å². The molecule has 0 spiro atoms. The lowest BCUT2D eigenvalue weighted by atomic mass is 10.1. The van der Waals surface area contributed by atoms with Crippen LogP contribution in [0.4, 0.5) is 0 Å². The van der Waals surface area contributed by atoms with E-state index in [1.54, 1.807) is 24.3 Å². The fourth-order valence-electron chi connectivity index (χ4n) is 2.27. The largest absolute Gasteiger partial charge is 0.493 e. The highest BCUT2D eigenvalue weighted by atomic mass is 35.5. The number of benzene rings is 2. The quantitative estimate of drug-likeness (QED) is 0.734. The van der Waals surface area contributed by atoms with E-state index in [0.717, 1.165) is 5.56 Å². The zero-order chi connectivity index (χ0) is 18.1. The fourth-order valence-corrected chi connectivity index (χ4v) is 2.45. The van der Waals surface area contributed by atoms with Crippen LogP contribution in [-0.4, -0.2) is 31.6 Å². The molecule has 0 saturated carbocycles. The van der Waals surface area contributed by atoms with E-state index in [1.807, 2.05) is 30.3 Å². The van der Waals surface area contributed by atoms with Crippen molar-refractivity contribution in [2.75, 3.05) is 13.7 Å². The number of esters is 1. The molecule has 0 bridgehead atoms. The van der Waals surface area contributed by atoms with Crippen LogP contribution in [0.1, 0.15) is 12.0 Å². The Bertz CT molecular complexity index is 706. The highest BCUT2D eigenvalue weighted by Gasteiger charge is 2.21. The average Bonchev–Trinajstić information content (AvgIpc) is 2.61. The van der Waals surface area contributed by atoms with Gasteiger partial charge in [-0.1, -0.05) is 48.0 Å². The highest BCUT2D eigenvalue weighted by Crippen LogP contribution is 2.17. The molecule has 0 aromatic heterocycles. The van der Waals surface area contributed by atoms with Gasteiger partial charge in [-0.3, -0.25) is 4.79 Å². The summed E-state index contributed by atoms with van der Waals surface area (Å²) in [4.78, 5) is 24.0. The second-order valence-electron chi connectivity index (χ2n) is 5.39. The maximum atomic E-state index is 12.1. The predicted molar refractivity (Wildman–Crippen MR) is 95.7 cm³/mol. The molecule has 0 aliphatic rings. The number of nitrogens with one attached hydrogen (secondary N) is 1. The van der Waals surface area contributed by atoms with Crippen molar-refractivity contribution in [1.29, 1.82) is 0 Å². The third-order valence-corrected chi connectivity index (χ3v) is 3.73. The minimum atomic E-state index is -0.730. The third kappa shape index (κ3) is 6.47. The van der Waals surface area contributed by atoms with E-state index < -0.39 is 12.0 Å². The van der Waals surface area contributed by atoms with Gasteiger partial charge < -0.3 is 14.8 Å². The second kappa shape index (κ2) is 9.69. The molecule has 0 aliphatic carbocycles. The van der Waals surface area contributed by atoms with Crippen LogP contribution in [0, 0.1) is 0 Å². The van der Waals surface area contributed by atoms with E-state index in [4.69, 9.17) is 21.1 Å². The lowest BCUT2D eigenvalue weighted by Crippen LogP contribution is -2.43. The minimum Gasteiger partial charge on any atom is -0.493 e. The Kier molecular flexibility index (Phi) is 7.29. The first-order valence-electron chi connectivity index (χ1n) is 7.88. The zero-order valence-corrected chi connectivity index (χ0v) is 14.7. The van der Waals surface area contributed by atoms with Crippen LogP contribution in [0.15, 0.2) is 54.6 Å². The maximum Gasteiger partial charge on any atom is 0.328 e. The molecule has 2 aromatic rings. The maximum absolute atomic E-state index is 12.1. The SMILES string of the molecule is COC(=O)[C@H](Cc1ccccc1)NC(=O)CCOc1cccc(Cl)c1. The van der Waals surface area contributed by atoms with Gasteiger partial charge in [-0.25, -0.2) is 4.79 Å². The van der Waals surface area contributed by atoms with Gasteiger partial charge in [0, 0.05) is 11.4 Å². The van der Waals surface area contributed by atoms with Crippen LogP contribution in [0.2, 0.25) is 5.02 Å². The number of hydrogen-bond donors (Lipinski definition) is 1. The van der Waals surface area contributed by atoms with Crippen LogP contribution in [0.3, 0.4) is 0 Å². The molecule has 2 rings (SSSR count). The van der Waals surface area contributed by atoms with Gasteiger partial charge in [-0.15, -0.1) is 0 Å². The van der Waals surface area contributed by atoms with Gasteiger partial charge in [0.05, 0.1) is 20.1 Å². The van der Waals surface area contributed by atoms with Gasteiger partial charge in [-0.05, 0) is 23.8 Å². The topological polar surface area (TPSA) is 64.6 Å². The van der Waals surface area contributed by atoms with Crippen LogP contribution in [-0.2, 0) is 20.7 Å². The molecule has 1 atom stereocenters. The number of ether oxygens (including phenoxy) is 2. The third-order valence-electron chi connectivity index (χ3n) is 3.50. The molecule has 0 saturated heterocycles. The summed E-state index contributed by atoms with van der Waals surface area (Å²) in [6.45, 7) is 0.186. The first kappa shape index (κ1) is 18.8. The molecule has 132 valence electrons. The molecule has 1 amide bonds. The van der Waals surface area contributed by atoms with Crippen LogP contribution < -0.4 is 10.1 Å². The van der Waals surface area contributed by atoms with Crippen molar-refractivity contribution < 1.29 is 19.1 Å². The summed E-state index contributed by atoms with van der Waals surface area (Å²) < 4.78 is 10.3. The van der Waals surface area contributed by atoms with E-state index in [0.29, 0.717) is 17.2 Å². The normalized spacial score (nSPS) is 11.4. The monoisotopic (exact) mass is 361 g/mol. The van der Waals surface area contributed by atoms with Crippen molar-refractivity contribution in [2.24, 2.45) is 0 Å². The molecule has 0 fully saturated rings. The predicted octanol–water partition coefficient (Wildman–Crippen LogP) is 3.01. The number of rotatable bonds is 8. The summed E-state index contributed by atoms with van der Waals surface area (Å²) in [6.07, 6.45) is 0.489. The van der Waals surface area contributed by atoms with Gasteiger partial charge in [0.1, 0.15) is 11.8 Å². The van der Waals surface area contributed by atoms with Crippen molar-refractivity contribution in [3.05, 3.63) is 65.2 Å². The number of carbonyl (C=O) groups is 2. The number of hydrogen-bond acceptors (Lipinski definition) is 4. The lowest BCUT2D eigenvalue weighted by Gasteiger charge is -2.16. The summed E-state index contributed by atoms with van der Waals surface area (Å²) in [5.74, 6) is -0.171. The molecule has 6 heteroatoms. The van der Waals surface area contributed by atoms with Gasteiger partial charge in [0.15, 0.2) is 0 Å². The summed E-state index contributed by atoms with van der Waals surface area (Å²) in [6, 6.07) is 15.6. The summed E-state index contributed by atoms with van der Waals surface area (Å²) in [7, 11) is 1.30. The number of methoxy groups -OCH3 is 1. The Hall–Kier alpha value is -2.53. The zero-order valence-electron chi connectivity index (χ0n) is 13.9. The molecular formula is C19H20ClNO4. The molecule has 1 N–H and O–H groups in total. The van der Waals surface area contributed by atoms with E-state index in [2.05, 4.69) is 5.32 Å². The molecular weight excluding hydrogens is 342 g/mol. The van der Waals surface area contributed by atoms with Gasteiger partial charge >= 0.3 is 5.97 Å². The van der Waals surface area contributed by atoms with E-state index in [9.17, 15) is 9.59 Å². The minimum absolute atomic E-state index is 0.120. The van der Waals surface area contributed by atoms with Crippen LogP contribution in [0.25, 0.3) is 0 Å². The van der Waals surface area contributed by atoms with Crippen molar-refractivity contribution in [3.8, 4) is 5.75 Å². The smallest absolute Gasteiger partial charge is 0.328 e. The Morgan fingerprint density at radius 3 is 2.56 bits per heavy atom. The molecule has 0 unspecified atom stereocenters. The Morgan fingerprint density at radius 1 is 1.12 bits per heavy atom. The number of amides is 1. The van der Waals surface area contributed by atoms with Gasteiger partial charge in [0.2, 0.25) is 5.91 Å². The molecule has 5 nitrogen and oxygen atoms in total. The Balaban J connectivity index is 1.85. The number of carbonyl (C=O) groups excluding carboxylic acids is 2. The molecule has 0 aliphatic heterocycles. The summed E-state index contributed by atoms with van der Waals surface area (Å²) >= 11 is 5.87. The van der Waals surface area contributed by atoms with Crippen molar-refractivity contribution in [3.63, 3.8) is 0 Å². The van der Waals surface area contributed by atoms with Crippen LogP contribution >= 0.6 is 11.6 Å². The number of halogens is 1. The molecule has 0 radical (unpaired) electrons. The van der Waals surface area contributed by atoms with Crippen molar-refractivity contribution in [1.82, 2.24) is 5.32 Å². The highest BCUT2D eigenvalue weighted by molar-refractivity contribution is 6.30. The first-order chi connectivity index (χ1) is 12.1. The van der Waals surface area contributed by atoms with E-state index in [1.165, 1.54) is 7.11 Å². The fraction of sp³-hybridized carbons (Fsp3) is 0.263. The van der Waals surface area contributed by atoms with E-state index >= 15 is 0 Å². The second-order valence-corrected chi connectivity index (χ2v) is 5.83.